The molecular formula is C72H129NO10. The van der Waals surface area contributed by atoms with Crippen molar-refractivity contribution in [1.29, 1.82) is 0 Å². The lowest BCUT2D eigenvalue weighted by Gasteiger charge is -2.41. The number of hydrogen-bond donors (Lipinski definition) is 6. The summed E-state index contributed by atoms with van der Waals surface area (Å²) in [5.74, 6) is -1.20. The van der Waals surface area contributed by atoms with E-state index in [1.165, 1.54) is 167 Å². The molecule has 1 heterocycles. The molecule has 0 aromatic heterocycles. The maximum Gasteiger partial charge on any atom is 0.306 e. The monoisotopic (exact) mass is 1170 g/mol. The fourth-order valence-corrected chi connectivity index (χ4v) is 10.6. The van der Waals surface area contributed by atoms with Crippen LogP contribution in [0.25, 0.3) is 0 Å². The van der Waals surface area contributed by atoms with Crippen molar-refractivity contribution in [1.82, 2.24) is 5.32 Å². The van der Waals surface area contributed by atoms with Crippen LogP contribution in [0.15, 0.2) is 72.9 Å². The third-order valence-corrected chi connectivity index (χ3v) is 16.1. The quantitative estimate of drug-likeness (QED) is 0.0195. The minimum absolute atomic E-state index is 0.118. The Kier molecular flexibility index (Phi) is 55.9. The summed E-state index contributed by atoms with van der Waals surface area (Å²) in [5, 5.41) is 57.1. The summed E-state index contributed by atoms with van der Waals surface area (Å²) >= 11 is 0. The maximum atomic E-state index is 13.4. The number of nitrogens with one attached hydrogen (secondary N) is 1. The molecule has 0 bridgehead atoms. The Morgan fingerprint density at radius 3 is 1.29 bits per heavy atom. The van der Waals surface area contributed by atoms with Crippen molar-refractivity contribution in [2.24, 2.45) is 0 Å². The second kappa shape index (κ2) is 59.4. The summed E-state index contributed by atoms with van der Waals surface area (Å²) < 4.78 is 17.7. The molecule has 1 aliphatic rings. The van der Waals surface area contributed by atoms with Crippen LogP contribution in [0, 0.1) is 0 Å². The Hall–Kier alpha value is -2.90. The second-order valence-electron chi connectivity index (χ2n) is 23.9. The molecule has 8 unspecified atom stereocenters. The van der Waals surface area contributed by atoms with Gasteiger partial charge in [-0.1, -0.05) is 280 Å². The summed E-state index contributed by atoms with van der Waals surface area (Å²) in [5.41, 5.74) is 0. The molecule has 0 radical (unpaired) electrons. The Morgan fingerprint density at radius 1 is 0.470 bits per heavy atom. The molecule has 0 aliphatic carbocycles. The lowest BCUT2D eigenvalue weighted by Crippen LogP contribution is -2.61. The number of allylic oxidation sites excluding steroid dienone is 11. The van der Waals surface area contributed by atoms with Crippen molar-refractivity contribution in [2.45, 2.75) is 359 Å². The molecule has 11 nitrogen and oxygen atoms in total. The van der Waals surface area contributed by atoms with Gasteiger partial charge in [0.2, 0.25) is 5.91 Å². The van der Waals surface area contributed by atoms with Gasteiger partial charge in [-0.15, -0.1) is 0 Å². The fourth-order valence-electron chi connectivity index (χ4n) is 10.6. The third-order valence-electron chi connectivity index (χ3n) is 16.1. The molecule has 0 saturated carbocycles. The smallest absolute Gasteiger partial charge is 0.306 e. The van der Waals surface area contributed by atoms with E-state index < -0.39 is 67.4 Å². The van der Waals surface area contributed by atoms with Crippen molar-refractivity contribution in [3.63, 3.8) is 0 Å². The van der Waals surface area contributed by atoms with Crippen LogP contribution in [0.2, 0.25) is 0 Å². The standard InChI is InChI=1S/C72H129NO10/c1-4-7-10-13-16-19-22-25-27-28-29-30-31-32-33-34-35-36-37-38-39-42-45-48-51-54-57-60-67(77)83-70-69(79)68(78)66(61-74)82-72(70)81-62-63(64(75)58-55-52-49-46-43-40-24-21-18-15-12-9-6-3)73-71(80)65(76)59-56-53-50-47-44-41-26-23-20-17-14-11-8-5-2/h16,19-20,23,25,27,29-30,32-33,55,58,63-66,68-70,72,74-76,78-79H,4-15,17-18,21-22,24,26,28,31,34-54,56-57,59-62H2,1-3H3,(H,73,80)/b19-16-,23-20-,27-25-,30-29-,33-32-,58-55+. The van der Waals surface area contributed by atoms with Crippen LogP contribution < -0.4 is 5.32 Å². The molecule has 1 rings (SSSR count). The van der Waals surface area contributed by atoms with Gasteiger partial charge in [0.05, 0.1) is 25.4 Å². The summed E-state index contributed by atoms with van der Waals surface area (Å²) in [7, 11) is 0. The zero-order valence-corrected chi connectivity index (χ0v) is 53.6. The first kappa shape index (κ1) is 78.1. The normalized spacial score (nSPS) is 19.0. The van der Waals surface area contributed by atoms with Crippen LogP contribution in [0.1, 0.15) is 310 Å². The average molecular weight is 1170 g/mol. The molecule has 482 valence electrons. The van der Waals surface area contributed by atoms with Crippen LogP contribution in [0.3, 0.4) is 0 Å². The Labute approximate surface area is 509 Å². The van der Waals surface area contributed by atoms with Crippen molar-refractivity contribution < 1.29 is 49.3 Å². The highest BCUT2D eigenvalue weighted by Crippen LogP contribution is 2.26. The Bertz CT molecular complexity index is 1630. The van der Waals surface area contributed by atoms with E-state index in [2.05, 4.69) is 86.8 Å². The van der Waals surface area contributed by atoms with Gasteiger partial charge in [0.15, 0.2) is 12.4 Å². The highest BCUT2D eigenvalue weighted by atomic mass is 16.7. The number of esters is 1. The van der Waals surface area contributed by atoms with E-state index >= 15 is 0 Å². The van der Waals surface area contributed by atoms with Gasteiger partial charge in [0.25, 0.3) is 0 Å². The van der Waals surface area contributed by atoms with Crippen LogP contribution in [-0.4, -0.2) is 99.6 Å². The summed E-state index contributed by atoms with van der Waals surface area (Å²) in [6.45, 7) is 5.77. The minimum atomic E-state index is -1.62. The lowest BCUT2D eigenvalue weighted by molar-refractivity contribution is -0.305. The predicted octanol–water partition coefficient (Wildman–Crippen LogP) is 17.5. The number of amides is 1. The van der Waals surface area contributed by atoms with E-state index in [0.717, 1.165) is 96.3 Å². The number of aliphatic hydroxyl groups is 5. The van der Waals surface area contributed by atoms with E-state index in [9.17, 15) is 35.1 Å². The molecule has 1 fully saturated rings. The second-order valence-corrected chi connectivity index (χ2v) is 23.9. The number of ether oxygens (including phenoxy) is 3. The first-order valence-electron chi connectivity index (χ1n) is 34.7. The van der Waals surface area contributed by atoms with Gasteiger partial charge in [-0.05, 0) is 96.3 Å². The van der Waals surface area contributed by atoms with Gasteiger partial charge in [0.1, 0.15) is 24.4 Å². The first-order chi connectivity index (χ1) is 40.7. The number of unbranched alkanes of at least 4 members (excludes halogenated alkanes) is 35. The van der Waals surface area contributed by atoms with E-state index in [1.807, 2.05) is 6.08 Å². The maximum absolute atomic E-state index is 13.4. The van der Waals surface area contributed by atoms with Gasteiger partial charge in [0, 0.05) is 6.42 Å². The molecule has 6 N–H and O–H groups in total. The zero-order chi connectivity index (χ0) is 60.3. The molecule has 0 spiro atoms. The largest absolute Gasteiger partial charge is 0.454 e. The van der Waals surface area contributed by atoms with Crippen molar-refractivity contribution in [2.75, 3.05) is 13.2 Å². The number of rotatable bonds is 59. The van der Waals surface area contributed by atoms with Gasteiger partial charge in [-0.25, -0.2) is 0 Å². The molecular weight excluding hydrogens is 1040 g/mol. The molecule has 83 heavy (non-hydrogen) atoms. The van der Waals surface area contributed by atoms with Crippen molar-refractivity contribution >= 4 is 11.9 Å². The topological polar surface area (TPSA) is 175 Å². The summed E-state index contributed by atoms with van der Waals surface area (Å²) in [6.07, 6.45) is 66.5. The van der Waals surface area contributed by atoms with Crippen LogP contribution in [-0.2, 0) is 23.8 Å². The van der Waals surface area contributed by atoms with Crippen LogP contribution in [0.5, 0.6) is 0 Å². The molecule has 1 amide bonds. The van der Waals surface area contributed by atoms with Crippen LogP contribution in [0.4, 0.5) is 0 Å². The summed E-state index contributed by atoms with van der Waals surface area (Å²) in [4.78, 5) is 26.6. The summed E-state index contributed by atoms with van der Waals surface area (Å²) in [6, 6.07) is -1.03. The van der Waals surface area contributed by atoms with E-state index in [4.69, 9.17) is 14.2 Å². The van der Waals surface area contributed by atoms with E-state index in [0.29, 0.717) is 12.8 Å². The van der Waals surface area contributed by atoms with Crippen molar-refractivity contribution in [3.05, 3.63) is 72.9 Å². The average Bonchev–Trinajstić information content (AvgIpc) is 3.61. The van der Waals surface area contributed by atoms with Crippen LogP contribution >= 0.6 is 0 Å². The number of aliphatic hydroxyl groups excluding tert-OH is 5. The zero-order valence-electron chi connectivity index (χ0n) is 53.6. The van der Waals surface area contributed by atoms with Gasteiger partial charge in [-0.3, -0.25) is 9.59 Å². The predicted molar refractivity (Wildman–Crippen MR) is 347 cm³/mol. The molecule has 0 aromatic rings. The van der Waals surface area contributed by atoms with Gasteiger partial charge in [-0.2, -0.15) is 0 Å². The molecule has 8 atom stereocenters. The Balaban J connectivity index is 2.57. The number of carbonyl (C=O) groups excluding carboxylic acids is 2. The van der Waals surface area contributed by atoms with Crippen molar-refractivity contribution in [3.8, 4) is 0 Å². The Morgan fingerprint density at radius 2 is 0.831 bits per heavy atom. The van der Waals surface area contributed by atoms with E-state index in [1.54, 1.807) is 6.08 Å². The fraction of sp³-hybridized carbons (Fsp3) is 0.806. The van der Waals surface area contributed by atoms with Gasteiger partial charge < -0.3 is 45.1 Å². The molecule has 1 saturated heterocycles. The van der Waals surface area contributed by atoms with Gasteiger partial charge >= 0.3 is 5.97 Å². The van der Waals surface area contributed by atoms with E-state index in [-0.39, 0.29) is 19.4 Å². The SMILES string of the molecule is CCCCC/C=C\C/C=C\C/C=C\C/C=C\CCCCCCCCCCCCCC(=O)OC1C(OCC(NC(=O)C(O)CCCCCCCC/C=C\CCCCCC)C(O)/C=C/CCCCCCCCCCCCC)OC(CO)C(O)C1O. The number of carbonyl (C=O) groups is 2. The molecule has 1 aliphatic heterocycles. The highest BCUT2D eigenvalue weighted by molar-refractivity contribution is 5.80. The molecule has 11 heteroatoms. The third kappa shape index (κ3) is 46.9. The highest BCUT2D eigenvalue weighted by Gasteiger charge is 2.47. The first-order valence-corrected chi connectivity index (χ1v) is 34.7. The lowest BCUT2D eigenvalue weighted by atomic mass is 9.99. The minimum Gasteiger partial charge on any atom is -0.454 e. The number of hydrogen-bond acceptors (Lipinski definition) is 10. The molecule has 0 aromatic carbocycles.